The molecule has 0 N–H and O–H groups in total. The highest BCUT2D eigenvalue weighted by molar-refractivity contribution is 7.98. The average molecular weight is 251 g/mol. The molecule has 1 aromatic rings. The predicted octanol–water partition coefficient (Wildman–Crippen LogP) is 2.27. The van der Waals surface area contributed by atoms with E-state index >= 15 is 0 Å². The fourth-order valence-corrected chi connectivity index (χ4v) is 2.34. The Morgan fingerprint density at radius 1 is 1.41 bits per heavy atom. The minimum absolute atomic E-state index is 0.105. The van der Waals surface area contributed by atoms with E-state index in [1.165, 1.54) is 4.90 Å². The fraction of sp³-hybridized carbons (Fsp3) is 0.462. The monoisotopic (exact) mass is 251 g/mol. The summed E-state index contributed by atoms with van der Waals surface area (Å²) in [6, 6.07) is 7.94. The van der Waals surface area contributed by atoms with E-state index in [4.69, 9.17) is 4.74 Å². The summed E-state index contributed by atoms with van der Waals surface area (Å²) in [7, 11) is 0. The van der Waals surface area contributed by atoms with Crippen molar-refractivity contribution in [2.24, 2.45) is 0 Å². The zero-order chi connectivity index (χ0) is 12.3. The van der Waals surface area contributed by atoms with Gasteiger partial charge in [-0.25, -0.2) is 0 Å². The summed E-state index contributed by atoms with van der Waals surface area (Å²) < 4.78 is 5.34. The molecular formula is C13H17NO2S. The number of carbonyl (C=O) groups excluding carboxylic acids is 1. The van der Waals surface area contributed by atoms with Crippen molar-refractivity contribution in [3.63, 3.8) is 0 Å². The van der Waals surface area contributed by atoms with Crippen LogP contribution >= 0.6 is 11.8 Å². The van der Waals surface area contributed by atoms with Crippen LogP contribution in [0.3, 0.4) is 0 Å². The maximum atomic E-state index is 12.3. The summed E-state index contributed by atoms with van der Waals surface area (Å²) in [6.07, 6.45) is 2.03. The quantitative estimate of drug-likeness (QED) is 0.755. The Bertz CT molecular complexity index is 391. The van der Waals surface area contributed by atoms with Gasteiger partial charge in [0.2, 0.25) is 0 Å². The number of hydrogen-bond donors (Lipinski definition) is 0. The maximum Gasteiger partial charge on any atom is 0.254 e. The van der Waals surface area contributed by atoms with E-state index in [9.17, 15) is 4.79 Å². The van der Waals surface area contributed by atoms with Gasteiger partial charge in [0.25, 0.3) is 5.91 Å². The van der Waals surface area contributed by atoms with Gasteiger partial charge in [-0.05, 0) is 37.4 Å². The molecule has 4 heteroatoms. The smallest absolute Gasteiger partial charge is 0.254 e. The highest BCUT2D eigenvalue weighted by Gasteiger charge is 2.24. The van der Waals surface area contributed by atoms with Gasteiger partial charge in [-0.1, -0.05) is 0 Å². The van der Waals surface area contributed by atoms with Gasteiger partial charge in [0.05, 0.1) is 19.3 Å². The number of nitrogens with zero attached hydrogens (tertiary/aromatic N) is 1. The normalized spacial score (nSPS) is 20.4. The van der Waals surface area contributed by atoms with Crippen LogP contribution in [0.4, 0.5) is 0 Å². The molecule has 1 aliphatic rings. The average Bonchev–Trinajstić information content (AvgIpc) is 2.39. The van der Waals surface area contributed by atoms with Gasteiger partial charge in [0.15, 0.2) is 0 Å². The summed E-state index contributed by atoms with van der Waals surface area (Å²) in [5, 5.41) is 0. The van der Waals surface area contributed by atoms with Crippen molar-refractivity contribution in [3.05, 3.63) is 29.8 Å². The van der Waals surface area contributed by atoms with Crippen LogP contribution in [-0.4, -0.2) is 42.9 Å². The van der Waals surface area contributed by atoms with Gasteiger partial charge in [-0.3, -0.25) is 4.79 Å². The van der Waals surface area contributed by atoms with Gasteiger partial charge in [-0.2, -0.15) is 0 Å². The van der Waals surface area contributed by atoms with Crippen LogP contribution in [0.15, 0.2) is 29.2 Å². The van der Waals surface area contributed by atoms with Crippen LogP contribution in [0.5, 0.6) is 0 Å². The van der Waals surface area contributed by atoms with Crippen molar-refractivity contribution in [1.82, 2.24) is 4.90 Å². The minimum atomic E-state index is 0.105. The number of benzene rings is 1. The standard InChI is InChI=1S/C13H17NO2S/c1-10-9-16-8-7-14(10)13(15)11-3-5-12(17-2)6-4-11/h3-6,10H,7-9H2,1-2H3. The molecule has 0 aliphatic carbocycles. The van der Waals surface area contributed by atoms with Crippen LogP contribution in [-0.2, 0) is 4.74 Å². The second-order valence-electron chi connectivity index (χ2n) is 4.15. The summed E-state index contributed by atoms with van der Waals surface area (Å²) in [5.74, 6) is 0.105. The fourth-order valence-electron chi connectivity index (χ4n) is 1.93. The Balaban J connectivity index is 2.12. The van der Waals surface area contributed by atoms with Gasteiger partial charge in [0, 0.05) is 17.0 Å². The van der Waals surface area contributed by atoms with E-state index in [2.05, 4.69) is 0 Å². The molecule has 1 heterocycles. The number of carbonyl (C=O) groups is 1. The Morgan fingerprint density at radius 2 is 2.12 bits per heavy atom. The number of ether oxygens (including phenoxy) is 1. The molecule has 1 saturated heterocycles. The number of thioether (sulfide) groups is 1. The van der Waals surface area contributed by atoms with Crippen LogP contribution < -0.4 is 0 Å². The lowest BCUT2D eigenvalue weighted by molar-refractivity contribution is 0.00359. The highest BCUT2D eigenvalue weighted by Crippen LogP contribution is 2.17. The highest BCUT2D eigenvalue weighted by atomic mass is 32.2. The number of morpholine rings is 1. The van der Waals surface area contributed by atoms with Crippen molar-refractivity contribution in [2.75, 3.05) is 26.0 Å². The Labute approximate surface area is 106 Å². The van der Waals surface area contributed by atoms with Crippen molar-refractivity contribution < 1.29 is 9.53 Å². The van der Waals surface area contributed by atoms with E-state index < -0.39 is 0 Å². The zero-order valence-corrected chi connectivity index (χ0v) is 11.0. The van der Waals surface area contributed by atoms with Gasteiger partial charge in [-0.15, -0.1) is 11.8 Å². The first-order valence-electron chi connectivity index (χ1n) is 5.75. The second-order valence-corrected chi connectivity index (χ2v) is 5.03. The zero-order valence-electron chi connectivity index (χ0n) is 10.2. The summed E-state index contributed by atoms with van der Waals surface area (Å²) >= 11 is 1.68. The lowest BCUT2D eigenvalue weighted by atomic mass is 10.1. The molecule has 0 radical (unpaired) electrons. The van der Waals surface area contributed by atoms with E-state index in [1.807, 2.05) is 42.3 Å². The van der Waals surface area contributed by atoms with Crippen molar-refractivity contribution in [2.45, 2.75) is 17.9 Å². The third-order valence-electron chi connectivity index (χ3n) is 2.97. The minimum Gasteiger partial charge on any atom is -0.377 e. The van der Waals surface area contributed by atoms with E-state index in [0.29, 0.717) is 19.8 Å². The molecule has 1 amide bonds. The molecule has 1 fully saturated rings. The van der Waals surface area contributed by atoms with Crippen LogP contribution in [0.2, 0.25) is 0 Å². The van der Waals surface area contributed by atoms with Gasteiger partial charge in [0.1, 0.15) is 0 Å². The van der Waals surface area contributed by atoms with Crippen LogP contribution in [0.25, 0.3) is 0 Å². The summed E-state index contributed by atoms with van der Waals surface area (Å²) in [6.45, 7) is 3.98. The third kappa shape index (κ3) is 2.82. The number of hydrogen-bond acceptors (Lipinski definition) is 3. The molecule has 0 saturated carbocycles. The van der Waals surface area contributed by atoms with Gasteiger partial charge < -0.3 is 9.64 Å². The molecule has 3 nitrogen and oxygen atoms in total. The lowest BCUT2D eigenvalue weighted by Gasteiger charge is -2.33. The molecule has 0 bridgehead atoms. The Morgan fingerprint density at radius 3 is 2.71 bits per heavy atom. The molecular weight excluding hydrogens is 234 g/mol. The van der Waals surface area contributed by atoms with Crippen LogP contribution in [0.1, 0.15) is 17.3 Å². The summed E-state index contributed by atoms with van der Waals surface area (Å²) in [5.41, 5.74) is 0.761. The third-order valence-corrected chi connectivity index (χ3v) is 3.71. The first kappa shape index (κ1) is 12.5. The molecule has 0 spiro atoms. The molecule has 1 atom stereocenters. The number of amides is 1. The second kappa shape index (κ2) is 5.56. The Hall–Kier alpha value is -1.00. The first-order valence-corrected chi connectivity index (χ1v) is 6.97. The predicted molar refractivity (Wildman–Crippen MR) is 69.5 cm³/mol. The van der Waals surface area contributed by atoms with Crippen molar-refractivity contribution in [1.29, 1.82) is 0 Å². The van der Waals surface area contributed by atoms with E-state index in [1.54, 1.807) is 11.8 Å². The first-order chi connectivity index (χ1) is 8.22. The molecule has 1 aliphatic heterocycles. The molecule has 1 aromatic carbocycles. The molecule has 17 heavy (non-hydrogen) atoms. The molecule has 92 valence electrons. The van der Waals surface area contributed by atoms with Crippen molar-refractivity contribution in [3.8, 4) is 0 Å². The topological polar surface area (TPSA) is 29.5 Å². The van der Waals surface area contributed by atoms with Crippen LogP contribution in [0, 0.1) is 0 Å². The van der Waals surface area contributed by atoms with Gasteiger partial charge >= 0.3 is 0 Å². The van der Waals surface area contributed by atoms with E-state index in [0.717, 1.165) is 5.56 Å². The van der Waals surface area contributed by atoms with E-state index in [-0.39, 0.29) is 11.9 Å². The summed E-state index contributed by atoms with van der Waals surface area (Å²) in [4.78, 5) is 15.3. The maximum absolute atomic E-state index is 12.3. The van der Waals surface area contributed by atoms with Crippen molar-refractivity contribution >= 4 is 17.7 Å². The number of rotatable bonds is 2. The lowest BCUT2D eigenvalue weighted by Crippen LogP contribution is -2.47. The molecule has 0 aromatic heterocycles. The largest absolute Gasteiger partial charge is 0.377 e. The SMILES string of the molecule is CSc1ccc(C(=O)N2CCOCC2C)cc1. The molecule has 1 unspecified atom stereocenters. The molecule has 2 rings (SSSR count). The Kier molecular flexibility index (Phi) is 4.07.